The van der Waals surface area contributed by atoms with E-state index in [1.165, 1.54) is 0 Å². The maximum atomic E-state index is 5.80. The van der Waals surface area contributed by atoms with Crippen molar-refractivity contribution in [2.24, 2.45) is 5.92 Å². The van der Waals surface area contributed by atoms with Crippen molar-refractivity contribution in [1.29, 1.82) is 0 Å². The minimum atomic E-state index is -1.43. The lowest BCUT2D eigenvalue weighted by Gasteiger charge is -2.29. The molecule has 12 heavy (non-hydrogen) atoms. The van der Waals surface area contributed by atoms with Crippen LogP contribution < -0.4 is 0 Å². The van der Waals surface area contributed by atoms with E-state index in [9.17, 15) is 0 Å². The van der Waals surface area contributed by atoms with E-state index in [4.69, 9.17) is 4.43 Å². The summed E-state index contributed by atoms with van der Waals surface area (Å²) in [6, 6.07) is 0. The summed E-state index contributed by atoms with van der Waals surface area (Å²) in [4.78, 5) is 0. The van der Waals surface area contributed by atoms with Crippen LogP contribution in [0.3, 0.4) is 0 Å². The highest BCUT2D eigenvalue weighted by molar-refractivity contribution is 6.72. The maximum Gasteiger partial charge on any atom is 0.189 e. The molecule has 0 spiro atoms. The van der Waals surface area contributed by atoms with Crippen molar-refractivity contribution in [1.82, 2.24) is 0 Å². The molecule has 1 nitrogen and oxygen atoms in total. The molecule has 0 fully saturated rings. The van der Waals surface area contributed by atoms with Gasteiger partial charge in [-0.2, -0.15) is 0 Å². The quantitative estimate of drug-likeness (QED) is 0.599. The molecule has 0 amide bonds. The van der Waals surface area contributed by atoms with Gasteiger partial charge in [0.05, 0.1) is 0 Å². The zero-order chi connectivity index (χ0) is 9.78. The summed E-state index contributed by atoms with van der Waals surface area (Å²) >= 11 is 0. The van der Waals surface area contributed by atoms with Crippen LogP contribution in [0.1, 0.15) is 27.7 Å². The zero-order valence-corrected chi connectivity index (χ0v) is 10.3. The SMILES string of the molecule is CCO[Si](C)(C)C(C)[CH]C(C)C. The average molecular weight is 187 g/mol. The van der Waals surface area contributed by atoms with Crippen molar-refractivity contribution < 1.29 is 4.43 Å². The number of rotatable bonds is 5. The van der Waals surface area contributed by atoms with Crippen molar-refractivity contribution in [3.8, 4) is 0 Å². The van der Waals surface area contributed by atoms with Gasteiger partial charge in [-0.25, -0.2) is 0 Å². The summed E-state index contributed by atoms with van der Waals surface area (Å²) in [5.41, 5.74) is 0.650. The molecular formula is C10H23OSi. The van der Waals surface area contributed by atoms with E-state index in [-0.39, 0.29) is 0 Å². The van der Waals surface area contributed by atoms with E-state index in [0.29, 0.717) is 11.5 Å². The molecule has 0 saturated carbocycles. The Bertz CT molecular complexity index is 121. The van der Waals surface area contributed by atoms with Crippen molar-refractivity contribution in [2.45, 2.75) is 46.3 Å². The molecular weight excluding hydrogens is 164 g/mol. The van der Waals surface area contributed by atoms with Gasteiger partial charge in [0, 0.05) is 6.61 Å². The largest absolute Gasteiger partial charge is 0.417 e. The van der Waals surface area contributed by atoms with Crippen LogP contribution in [0.5, 0.6) is 0 Å². The molecule has 0 aromatic rings. The van der Waals surface area contributed by atoms with Gasteiger partial charge in [-0.1, -0.05) is 20.8 Å². The van der Waals surface area contributed by atoms with E-state index in [1.54, 1.807) is 0 Å². The summed E-state index contributed by atoms with van der Waals surface area (Å²) in [5.74, 6) is 0.673. The molecule has 0 aliphatic carbocycles. The lowest BCUT2D eigenvalue weighted by molar-refractivity contribution is 0.322. The Morgan fingerprint density at radius 3 is 2.08 bits per heavy atom. The topological polar surface area (TPSA) is 9.23 Å². The van der Waals surface area contributed by atoms with E-state index >= 15 is 0 Å². The van der Waals surface area contributed by atoms with E-state index < -0.39 is 8.32 Å². The van der Waals surface area contributed by atoms with Gasteiger partial charge in [-0.3, -0.25) is 0 Å². The molecule has 0 heterocycles. The van der Waals surface area contributed by atoms with Crippen molar-refractivity contribution in [2.75, 3.05) is 6.61 Å². The van der Waals surface area contributed by atoms with Crippen LogP contribution in [0.2, 0.25) is 18.6 Å². The third-order valence-corrected chi connectivity index (χ3v) is 5.70. The average Bonchev–Trinajstić information content (AvgIpc) is 1.85. The summed E-state index contributed by atoms with van der Waals surface area (Å²) < 4.78 is 5.80. The minimum Gasteiger partial charge on any atom is -0.417 e. The molecule has 1 unspecified atom stereocenters. The first kappa shape index (κ1) is 12.2. The van der Waals surface area contributed by atoms with Gasteiger partial charge >= 0.3 is 0 Å². The van der Waals surface area contributed by atoms with Gasteiger partial charge in [0.1, 0.15) is 0 Å². The van der Waals surface area contributed by atoms with Crippen molar-refractivity contribution in [3.05, 3.63) is 6.42 Å². The van der Waals surface area contributed by atoms with Crippen LogP contribution in [0.25, 0.3) is 0 Å². The number of hydrogen-bond acceptors (Lipinski definition) is 1. The standard InChI is InChI=1S/C10H23OSi/c1-7-11-12(5,6)10(4)8-9(2)3/h8-10H,7H2,1-6H3. The summed E-state index contributed by atoms with van der Waals surface area (Å²) in [7, 11) is -1.43. The van der Waals surface area contributed by atoms with Crippen LogP contribution >= 0.6 is 0 Å². The van der Waals surface area contributed by atoms with Gasteiger partial charge in [0.2, 0.25) is 0 Å². The first-order chi connectivity index (χ1) is 5.40. The molecule has 0 saturated heterocycles. The first-order valence-electron chi connectivity index (χ1n) is 4.89. The Kier molecular flexibility index (Phi) is 5.10. The van der Waals surface area contributed by atoms with E-state index in [0.717, 1.165) is 6.61 Å². The highest BCUT2D eigenvalue weighted by atomic mass is 28.4. The highest BCUT2D eigenvalue weighted by Crippen LogP contribution is 2.27. The molecule has 0 rings (SSSR count). The van der Waals surface area contributed by atoms with Crippen molar-refractivity contribution >= 4 is 8.32 Å². The van der Waals surface area contributed by atoms with Crippen LogP contribution in [0.15, 0.2) is 0 Å². The van der Waals surface area contributed by atoms with Gasteiger partial charge in [0.25, 0.3) is 0 Å². The molecule has 2 heteroatoms. The van der Waals surface area contributed by atoms with Crippen molar-refractivity contribution in [3.63, 3.8) is 0 Å². The molecule has 1 radical (unpaired) electrons. The zero-order valence-electron chi connectivity index (χ0n) is 9.35. The predicted molar refractivity (Wildman–Crippen MR) is 57.7 cm³/mol. The third kappa shape index (κ3) is 4.26. The van der Waals surface area contributed by atoms with Crippen LogP contribution in [0.4, 0.5) is 0 Å². The Labute approximate surface area is 78.6 Å². The van der Waals surface area contributed by atoms with Gasteiger partial charge in [-0.05, 0) is 37.9 Å². The molecule has 0 N–H and O–H groups in total. The van der Waals surface area contributed by atoms with E-state index in [2.05, 4.69) is 47.2 Å². The van der Waals surface area contributed by atoms with Gasteiger partial charge in [-0.15, -0.1) is 0 Å². The van der Waals surface area contributed by atoms with Crippen LogP contribution in [0, 0.1) is 12.3 Å². The van der Waals surface area contributed by atoms with E-state index in [1.807, 2.05) is 0 Å². The molecule has 0 aromatic heterocycles. The molecule has 0 aromatic carbocycles. The first-order valence-corrected chi connectivity index (χ1v) is 7.87. The minimum absolute atomic E-state index is 0.650. The second-order valence-corrected chi connectivity index (χ2v) is 8.67. The fourth-order valence-electron chi connectivity index (χ4n) is 1.31. The monoisotopic (exact) mass is 187 g/mol. The van der Waals surface area contributed by atoms with Gasteiger partial charge < -0.3 is 4.43 Å². The summed E-state index contributed by atoms with van der Waals surface area (Å²) in [6.45, 7) is 14.3. The normalized spacial score (nSPS) is 15.2. The van der Waals surface area contributed by atoms with Gasteiger partial charge in [0.15, 0.2) is 8.32 Å². The summed E-state index contributed by atoms with van der Waals surface area (Å²) in [6.07, 6.45) is 2.40. The summed E-state index contributed by atoms with van der Waals surface area (Å²) in [5, 5.41) is 0. The fraction of sp³-hybridized carbons (Fsp3) is 0.900. The Morgan fingerprint density at radius 1 is 1.25 bits per heavy atom. The number of hydrogen-bond donors (Lipinski definition) is 0. The Balaban J connectivity index is 3.96. The second kappa shape index (κ2) is 5.03. The van der Waals surface area contributed by atoms with Crippen LogP contribution in [-0.2, 0) is 4.43 Å². The molecule has 0 aliphatic rings. The lowest BCUT2D eigenvalue weighted by Crippen LogP contribution is -2.36. The second-order valence-electron chi connectivity index (χ2n) is 4.26. The lowest BCUT2D eigenvalue weighted by atomic mass is 10.1. The fourth-order valence-corrected chi connectivity index (χ4v) is 3.17. The predicted octanol–water partition coefficient (Wildman–Crippen LogP) is 3.48. The smallest absolute Gasteiger partial charge is 0.189 e. The van der Waals surface area contributed by atoms with Crippen LogP contribution in [-0.4, -0.2) is 14.9 Å². The third-order valence-electron chi connectivity index (χ3n) is 2.29. The molecule has 0 bridgehead atoms. The molecule has 0 aliphatic heterocycles. The highest BCUT2D eigenvalue weighted by Gasteiger charge is 2.30. The maximum absolute atomic E-state index is 5.80. The Hall–Kier alpha value is 0.177. The molecule has 73 valence electrons. The molecule has 1 atom stereocenters. The Morgan fingerprint density at radius 2 is 1.75 bits per heavy atom.